The molecule has 0 fully saturated rings. The molecule has 9 nitrogen and oxygen atoms in total. The summed E-state index contributed by atoms with van der Waals surface area (Å²) in [5, 5.41) is 7.96. The van der Waals surface area contributed by atoms with Crippen LogP contribution in [0.25, 0.3) is 11.4 Å². The van der Waals surface area contributed by atoms with Crippen LogP contribution in [-0.4, -0.2) is 47.7 Å². The first kappa shape index (κ1) is 29.9. The average Bonchev–Trinajstić information content (AvgIpc) is 2.97. The lowest BCUT2D eigenvalue weighted by molar-refractivity contribution is -0.117. The summed E-state index contributed by atoms with van der Waals surface area (Å²) in [4.78, 5) is 58.7. The van der Waals surface area contributed by atoms with Crippen LogP contribution in [0.4, 0.5) is 14.5 Å². The Morgan fingerprint density at radius 1 is 0.952 bits per heavy atom. The van der Waals surface area contributed by atoms with E-state index in [4.69, 9.17) is 0 Å². The Hall–Kier alpha value is -5.03. The molecule has 216 valence electrons. The highest BCUT2D eigenvalue weighted by atomic mass is 19.1. The number of hydrogen-bond donors (Lipinski definition) is 4. The number of nitrogens with one attached hydrogen (secondary N) is 4. The number of carbonyl (C=O) groups excluding carboxylic acids is 3. The van der Waals surface area contributed by atoms with Gasteiger partial charge in [-0.05, 0) is 80.6 Å². The van der Waals surface area contributed by atoms with Crippen molar-refractivity contribution in [1.82, 2.24) is 20.6 Å². The first-order chi connectivity index (χ1) is 20.0. The van der Waals surface area contributed by atoms with Crippen LogP contribution in [0.2, 0.25) is 0 Å². The van der Waals surface area contributed by atoms with Crippen molar-refractivity contribution in [2.75, 3.05) is 19.4 Å². The Bertz CT molecular complexity index is 1730. The largest absolute Gasteiger partial charge is 0.355 e. The van der Waals surface area contributed by atoms with Gasteiger partial charge in [-0.25, -0.2) is 13.8 Å². The monoisotopic (exact) mass is 573 g/mol. The molecule has 4 rings (SSSR count). The van der Waals surface area contributed by atoms with Crippen LogP contribution in [0.15, 0.2) is 65.5 Å². The number of benzene rings is 3. The van der Waals surface area contributed by atoms with E-state index in [1.165, 1.54) is 31.3 Å². The fraction of sp³-hybridized carbons (Fsp3) is 0.194. The normalized spacial score (nSPS) is 11.6. The summed E-state index contributed by atoms with van der Waals surface area (Å²) in [5.74, 6) is -2.42. The van der Waals surface area contributed by atoms with Gasteiger partial charge in [0, 0.05) is 35.7 Å². The van der Waals surface area contributed by atoms with Crippen LogP contribution in [0, 0.1) is 18.6 Å². The molecule has 4 N–H and O–H groups in total. The predicted octanol–water partition coefficient (Wildman–Crippen LogP) is 3.75. The second kappa shape index (κ2) is 12.6. The quantitative estimate of drug-likeness (QED) is 0.226. The van der Waals surface area contributed by atoms with Crippen molar-refractivity contribution in [2.24, 2.45) is 0 Å². The van der Waals surface area contributed by atoms with Crippen molar-refractivity contribution >= 4 is 23.3 Å². The highest BCUT2D eigenvalue weighted by molar-refractivity contribution is 6.09. The van der Waals surface area contributed by atoms with Gasteiger partial charge in [0.15, 0.2) is 5.78 Å². The van der Waals surface area contributed by atoms with Crippen LogP contribution in [0.5, 0.6) is 0 Å². The van der Waals surface area contributed by atoms with Gasteiger partial charge in [0.25, 0.3) is 11.5 Å². The van der Waals surface area contributed by atoms with Crippen molar-refractivity contribution in [3.63, 3.8) is 0 Å². The van der Waals surface area contributed by atoms with E-state index in [1.54, 1.807) is 39.1 Å². The van der Waals surface area contributed by atoms with Gasteiger partial charge < -0.3 is 20.9 Å². The number of halogens is 2. The minimum atomic E-state index is -0.702. The Kier molecular flexibility index (Phi) is 9.02. The number of likely N-dealkylation sites (N-methyl/N-ethyl adjacent to an activating group) is 1. The molecule has 1 aromatic heterocycles. The molecule has 2 amide bonds. The number of ketones is 1. The van der Waals surface area contributed by atoms with Gasteiger partial charge in [-0.1, -0.05) is 12.1 Å². The molecule has 4 aromatic rings. The summed E-state index contributed by atoms with van der Waals surface area (Å²) in [6.07, 6.45) is -0.129. The topological polar surface area (TPSA) is 133 Å². The van der Waals surface area contributed by atoms with Crippen LogP contribution >= 0.6 is 0 Å². The first-order valence-corrected chi connectivity index (χ1v) is 13.1. The summed E-state index contributed by atoms with van der Waals surface area (Å²) in [7, 11) is 3.09. The summed E-state index contributed by atoms with van der Waals surface area (Å²) in [6.45, 7) is 3.32. The lowest BCUT2D eigenvalue weighted by Gasteiger charge is -2.16. The zero-order chi connectivity index (χ0) is 30.6. The van der Waals surface area contributed by atoms with Gasteiger partial charge in [0.1, 0.15) is 23.1 Å². The highest BCUT2D eigenvalue weighted by Crippen LogP contribution is 2.25. The molecule has 42 heavy (non-hydrogen) atoms. The molecule has 0 aliphatic carbocycles. The maximum atomic E-state index is 14.7. The van der Waals surface area contributed by atoms with E-state index in [1.807, 2.05) is 0 Å². The zero-order valence-electron chi connectivity index (χ0n) is 23.4. The second-order valence-electron chi connectivity index (χ2n) is 9.65. The summed E-state index contributed by atoms with van der Waals surface area (Å²) >= 11 is 0. The number of aromatic amines is 1. The van der Waals surface area contributed by atoms with Gasteiger partial charge in [0.05, 0.1) is 11.7 Å². The maximum Gasteiger partial charge on any atom is 0.275 e. The Labute approximate surface area is 240 Å². The highest BCUT2D eigenvalue weighted by Gasteiger charge is 2.21. The molecule has 0 unspecified atom stereocenters. The fourth-order valence-electron chi connectivity index (χ4n) is 4.38. The standard InChI is InChI=1S/C31H29F2N5O4/c1-16-23(6-5-7-24(16)30(41)35-4)28-36-25(26(31(42)38-28)37-29(40)17(2)34-3)14-18-12-20(15-22(33)13-18)27(39)19-8-10-21(32)11-9-19/h5-13,15,17,34H,14H2,1-4H3,(H,35,41)(H,37,40)(H,36,38,42)/t17-/m0/s1. The van der Waals surface area contributed by atoms with E-state index in [2.05, 4.69) is 25.9 Å². The maximum absolute atomic E-state index is 14.7. The second-order valence-corrected chi connectivity index (χ2v) is 9.65. The molecule has 0 aliphatic heterocycles. The lowest BCUT2D eigenvalue weighted by Crippen LogP contribution is -2.37. The molecular weight excluding hydrogens is 544 g/mol. The Morgan fingerprint density at radius 3 is 2.33 bits per heavy atom. The third-order valence-electron chi connectivity index (χ3n) is 6.83. The van der Waals surface area contributed by atoms with Gasteiger partial charge in [-0.3, -0.25) is 19.2 Å². The van der Waals surface area contributed by atoms with Gasteiger partial charge in [-0.15, -0.1) is 0 Å². The van der Waals surface area contributed by atoms with E-state index < -0.39 is 34.9 Å². The molecular formula is C31H29F2N5O4. The smallest absolute Gasteiger partial charge is 0.275 e. The molecule has 1 heterocycles. The molecule has 1 atom stereocenters. The molecule has 11 heteroatoms. The van der Waals surface area contributed by atoms with E-state index >= 15 is 0 Å². The minimum absolute atomic E-state index is 0.0187. The number of H-pyrrole nitrogens is 1. The van der Waals surface area contributed by atoms with Crippen molar-refractivity contribution in [3.05, 3.63) is 116 Å². The number of aromatic nitrogens is 2. The van der Waals surface area contributed by atoms with E-state index in [9.17, 15) is 28.0 Å². The number of nitrogens with zero attached hydrogens (tertiary/aromatic N) is 1. The summed E-state index contributed by atoms with van der Waals surface area (Å²) < 4.78 is 28.1. The van der Waals surface area contributed by atoms with Crippen molar-refractivity contribution in [2.45, 2.75) is 26.3 Å². The van der Waals surface area contributed by atoms with Crippen LogP contribution in [-0.2, 0) is 11.2 Å². The Morgan fingerprint density at radius 2 is 1.67 bits per heavy atom. The van der Waals surface area contributed by atoms with Crippen molar-refractivity contribution in [3.8, 4) is 11.4 Å². The molecule has 0 bridgehead atoms. The predicted molar refractivity (Wildman–Crippen MR) is 155 cm³/mol. The SMILES string of the molecule is CNC(=O)c1cccc(-c2nc(Cc3cc(F)cc(C(=O)c4ccc(F)cc4)c3)c(NC(=O)[C@H](C)NC)c(=O)[nH]2)c1C. The number of anilines is 1. The molecule has 3 aromatic carbocycles. The number of hydrogen-bond acceptors (Lipinski definition) is 6. The van der Waals surface area contributed by atoms with E-state index in [0.717, 1.165) is 18.2 Å². The number of rotatable bonds is 9. The zero-order valence-corrected chi connectivity index (χ0v) is 23.4. The Balaban J connectivity index is 1.82. The van der Waals surface area contributed by atoms with Crippen LogP contribution in [0.1, 0.15) is 50.0 Å². The number of amides is 2. The van der Waals surface area contributed by atoms with Gasteiger partial charge >= 0.3 is 0 Å². The fourth-order valence-corrected chi connectivity index (χ4v) is 4.38. The third-order valence-corrected chi connectivity index (χ3v) is 6.83. The average molecular weight is 574 g/mol. The van der Waals surface area contributed by atoms with Crippen LogP contribution in [0.3, 0.4) is 0 Å². The third kappa shape index (κ3) is 6.47. The molecule has 0 aliphatic rings. The van der Waals surface area contributed by atoms with Crippen LogP contribution < -0.4 is 21.5 Å². The molecule has 0 saturated carbocycles. The summed E-state index contributed by atoms with van der Waals surface area (Å²) in [5.41, 5.74) is 1.23. The van der Waals surface area contributed by atoms with Gasteiger partial charge in [-0.2, -0.15) is 0 Å². The van der Waals surface area contributed by atoms with Gasteiger partial charge in [0.2, 0.25) is 5.91 Å². The first-order valence-electron chi connectivity index (χ1n) is 13.1. The minimum Gasteiger partial charge on any atom is -0.355 e. The summed E-state index contributed by atoms with van der Waals surface area (Å²) in [6, 6.07) is 12.9. The number of carbonyl (C=O) groups is 3. The van der Waals surface area contributed by atoms with E-state index in [-0.39, 0.29) is 40.7 Å². The molecule has 0 radical (unpaired) electrons. The lowest BCUT2D eigenvalue weighted by atomic mass is 9.98. The van der Waals surface area contributed by atoms with Crippen molar-refractivity contribution < 1.29 is 23.2 Å². The molecule has 0 spiro atoms. The van der Waals surface area contributed by atoms with E-state index in [0.29, 0.717) is 22.3 Å². The van der Waals surface area contributed by atoms with Crippen molar-refractivity contribution in [1.29, 1.82) is 0 Å². The molecule has 0 saturated heterocycles.